The second-order valence-corrected chi connectivity index (χ2v) is 6.64. The lowest BCUT2D eigenvalue weighted by atomic mass is 9.94. The number of nitrogens with one attached hydrogen (secondary N) is 2. The molecule has 1 aliphatic heterocycles. The summed E-state index contributed by atoms with van der Waals surface area (Å²) in [4.78, 5) is 12.1. The molecule has 6 heteroatoms. The number of hydrogen-bond donors (Lipinski definition) is 2. The van der Waals surface area contributed by atoms with Crippen LogP contribution >= 0.6 is 0 Å². The van der Waals surface area contributed by atoms with Crippen LogP contribution in [0.15, 0.2) is 24.3 Å². The normalized spacial score (nSPS) is 18.5. The van der Waals surface area contributed by atoms with Crippen molar-refractivity contribution in [3.63, 3.8) is 0 Å². The molecule has 2 aromatic rings. The molecule has 0 spiro atoms. The Morgan fingerprint density at radius 2 is 2.08 bits per heavy atom. The highest BCUT2D eigenvalue weighted by atomic mass is 16.6. The monoisotopic (exact) mass is 341 g/mol. The number of amides is 1. The molecule has 2 aliphatic rings. The van der Waals surface area contributed by atoms with Gasteiger partial charge in [0.15, 0.2) is 11.5 Å². The van der Waals surface area contributed by atoms with Crippen LogP contribution in [0, 0.1) is 0 Å². The molecule has 25 heavy (non-hydrogen) atoms. The van der Waals surface area contributed by atoms with Crippen molar-refractivity contribution in [1.29, 1.82) is 0 Å². The third kappa shape index (κ3) is 3.62. The summed E-state index contributed by atoms with van der Waals surface area (Å²) in [6.07, 6.45) is 5.57. The predicted molar refractivity (Wildman–Crippen MR) is 92.9 cm³/mol. The Labute approximate surface area is 146 Å². The highest BCUT2D eigenvalue weighted by Crippen LogP contribution is 2.30. The lowest BCUT2D eigenvalue weighted by Crippen LogP contribution is -2.40. The Hall–Kier alpha value is -2.50. The fourth-order valence-electron chi connectivity index (χ4n) is 3.47. The number of hydrogen-bond acceptors (Lipinski definition) is 4. The second-order valence-electron chi connectivity index (χ2n) is 6.64. The third-order valence-corrected chi connectivity index (χ3v) is 4.83. The van der Waals surface area contributed by atoms with E-state index in [1.807, 2.05) is 24.3 Å². The molecule has 1 atom stereocenters. The van der Waals surface area contributed by atoms with E-state index >= 15 is 0 Å². The second kappa shape index (κ2) is 7.17. The predicted octanol–water partition coefficient (Wildman–Crippen LogP) is 2.18. The first-order valence-corrected chi connectivity index (χ1v) is 9.00. The Morgan fingerprint density at radius 3 is 3.00 bits per heavy atom. The van der Waals surface area contributed by atoms with E-state index in [0.717, 1.165) is 30.0 Å². The number of carbonyl (C=O) groups excluding carboxylic acids is 1. The minimum Gasteiger partial charge on any atom is -0.486 e. The Bertz CT molecular complexity index is 756. The number of benzene rings is 1. The molecular formula is C19H23N3O3. The van der Waals surface area contributed by atoms with Crippen molar-refractivity contribution in [2.24, 2.45) is 0 Å². The number of carbonyl (C=O) groups is 1. The lowest BCUT2D eigenvalue weighted by Gasteiger charge is -2.26. The number of H-pyrrole nitrogens is 1. The van der Waals surface area contributed by atoms with Gasteiger partial charge in [-0.3, -0.25) is 9.89 Å². The van der Waals surface area contributed by atoms with Crippen LogP contribution in [-0.2, 0) is 24.1 Å². The first-order valence-electron chi connectivity index (χ1n) is 9.00. The van der Waals surface area contributed by atoms with Crippen molar-refractivity contribution in [2.45, 2.75) is 44.6 Å². The summed E-state index contributed by atoms with van der Waals surface area (Å²) in [5, 5.41) is 10.5. The molecule has 0 radical (unpaired) electrons. The van der Waals surface area contributed by atoms with Gasteiger partial charge in [-0.15, -0.1) is 0 Å². The summed E-state index contributed by atoms with van der Waals surface area (Å²) in [6.45, 7) is 0.899. The SMILES string of the molecule is O=C(CCc1n[nH]c2c1CCCC2)NC[C@H]1COc2ccccc2O1. The van der Waals surface area contributed by atoms with Gasteiger partial charge in [0.05, 0.1) is 12.2 Å². The highest BCUT2D eigenvalue weighted by molar-refractivity contribution is 5.76. The van der Waals surface area contributed by atoms with Gasteiger partial charge in [-0.1, -0.05) is 12.1 Å². The number of aromatic nitrogens is 2. The fraction of sp³-hybridized carbons (Fsp3) is 0.474. The molecule has 132 valence electrons. The van der Waals surface area contributed by atoms with Crippen LogP contribution in [0.5, 0.6) is 11.5 Å². The van der Waals surface area contributed by atoms with E-state index in [0.29, 0.717) is 26.0 Å². The summed E-state index contributed by atoms with van der Waals surface area (Å²) < 4.78 is 11.5. The van der Waals surface area contributed by atoms with Gasteiger partial charge in [-0.05, 0) is 43.4 Å². The fourth-order valence-corrected chi connectivity index (χ4v) is 3.47. The molecular weight excluding hydrogens is 318 g/mol. The molecule has 0 saturated heterocycles. The number of nitrogens with zero attached hydrogens (tertiary/aromatic N) is 1. The van der Waals surface area contributed by atoms with Crippen molar-refractivity contribution >= 4 is 5.91 Å². The van der Waals surface area contributed by atoms with Crippen LogP contribution in [0.4, 0.5) is 0 Å². The van der Waals surface area contributed by atoms with Crippen molar-refractivity contribution < 1.29 is 14.3 Å². The van der Waals surface area contributed by atoms with E-state index < -0.39 is 0 Å². The maximum Gasteiger partial charge on any atom is 0.220 e. The van der Waals surface area contributed by atoms with Gasteiger partial charge in [0.25, 0.3) is 0 Å². The van der Waals surface area contributed by atoms with E-state index in [2.05, 4.69) is 15.5 Å². The minimum absolute atomic E-state index is 0.0232. The van der Waals surface area contributed by atoms with Gasteiger partial charge in [-0.25, -0.2) is 0 Å². The molecule has 2 N–H and O–H groups in total. The Balaban J connectivity index is 1.24. The van der Waals surface area contributed by atoms with Crippen molar-refractivity contribution in [3.05, 3.63) is 41.2 Å². The number of aromatic amines is 1. The van der Waals surface area contributed by atoms with Gasteiger partial charge in [0, 0.05) is 18.5 Å². The molecule has 1 amide bonds. The number of para-hydroxylation sites is 2. The largest absolute Gasteiger partial charge is 0.486 e. The van der Waals surface area contributed by atoms with Crippen molar-refractivity contribution in [3.8, 4) is 11.5 Å². The molecule has 0 bridgehead atoms. The summed E-state index contributed by atoms with van der Waals surface area (Å²) in [7, 11) is 0. The smallest absolute Gasteiger partial charge is 0.220 e. The maximum absolute atomic E-state index is 12.1. The van der Waals surface area contributed by atoms with Gasteiger partial charge in [0.1, 0.15) is 12.7 Å². The first kappa shape index (κ1) is 16.0. The van der Waals surface area contributed by atoms with Crippen LogP contribution < -0.4 is 14.8 Å². The molecule has 0 fully saturated rings. The average molecular weight is 341 g/mol. The van der Waals surface area contributed by atoms with Gasteiger partial charge < -0.3 is 14.8 Å². The van der Waals surface area contributed by atoms with Crippen molar-refractivity contribution in [1.82, 2.24) is 15.5 Å². The van der Waals surface area contributed by atoms with Crippen LogP contribution in [-0.4, -0.2) is 35.4 Å². The highest BCUT2D eigenvalue weighted by Gasteiger charge is 2.21. The van der Waals surface area contributed by atoms with Crippen LogP contribution in [0.1, 0.15) is 36.2 Å². The van der Waals surface area contributed by atoms with Crippen LogP contribution in [0.3, 0.4) is 0 Å². The molecule has 1 aromatic heterocycles. The molecule has 1 aromatic carbocycles. The Kier molecular flexibility index (Phi) is 4.59. The quantitative estimate of drug-likeness (QED) is 0.874. The summed E-state index contributed by atoms with van der Waals surface area (Å²) in [5.41, 5.74) is 3.64. The van der Waals surface area contributed by atoms with Crippen molar-refractivity contribution in [2.75, 3.05) is 13.2 Å². The topological polar surface area (TPSA) is 76.2 Å². The van der Waals surface area contributed by atoms with Gasteiger partial charge >= 0.3 is 0 Å². The minimum atomic E-state index is -0.156. The summed E-state index contributed by atoms with van der Waals surface area (Å²) in [6, 6.07) is 7.59. The van der Waals surface area contributed by atoms with Gasteiger partial charge in [0.2, 0.25) is 5.91 Å². The maximum atomic E-state index is 12.1. The van der Waals surface area contributed by atoms with Crippen LogP contribution in [0.2, 0.25) is 0 Å². The number of aryl methyl sites for hydroxylation is 2. The zero-order valence-corrected chi connectivity index (χ0v) is 14.2. The van der Waals surface area contributed by atoms with E-state index in [-0.39, 0.29) is 12.0 Å². The zero-order valence-electron chi connectivity index (χ0n) is 14.2. The molecule has 4 rings (SSSR count). The Morgan fingerprint density at radius 1 is 1.24 bits per heavy atom. The lowest BCUT2D eigenvalue weighted by molar-refractivity contribution is -0.121. The number of fused-ring (bicyclic) bond motifs is 2. The molecule has 1 aliphatic carbocycles. The third-order valence-electron chi connectivity index (χ3n) is 4.83. The number of ether oxygens (including phenoxy) is 2. The van der Waals surface area contributed by atoms with E-state index in [9.17, 15) is 4.79 Å². The summed E-state index contributed by atoms with van der Waals surface area (Å²) >= 11 is 0. The first-order chi connectivity index (χ1) is 12.3. The van der Waals surface area contributed by atoms with E-state index in [4.69, 9.17) is 9.47 Å². The molecule has 0 unspecified atom stereocenters. The van der Waals surface area contributed by atoms with E-state index in [1.54, 1.807) is 0 Å². The zero-order chi connectivity index (χ0) is 17.1. The van der Waals surface area contributed by atoms with Gasteiger partial charge in [-0.2, -0.15) is 5.10 Å². The molecule has 2 heterocycles. The van der Waals surface area contributed by atoms with E-state index in [1.165, 1.54) is 24.1 Å². The average Bonchev–Trinajstić information content (AvgIpc) is 3.08. The molecule has 6 nitrogen and oxygen atoms in total. The molecule has 0 saturated carbocycles. The number of rotatable bonds is 5. The van der Waals surface area contributed by atoms with Crippen LogP contribution in [0.25, 0.3) is 0 Å². The standard InChI is InChI=1S/C19H23N3O3/c23-19(10-9-16-14-5-1-2-6-15(14)21-22-16)20-11-13-12-24-17-7-3-4-8-18(17)25-13/h3-4,7-8,13H,1-2,5-6,9-12H2,(H,20,23)(H,21,22)/t13-/m0/s1. The summed E-state index contributed by atoms with van der Waals surface area (Å²) in [5.74, 6) is 1.51.